The van der Waals surface area contributed by atoms with Gasteiger partial charge in [0.15, 0.2) is 5.65 Å². The lowest BCUT2D eigenvalue weighted by atomic mass is 10.2. The lowest BCUT2D eigenvalue weighted by molar-refractivity contribution is -0.121. The second-order valence-corrected chi connectivity index (χ2v) is 6.88. The van der Waals surface area contributed by atoms with Crippen molar-refractivity contribution in [2.24, 2.45) is 0 Å². The third kappa shape index (κ3) is 4.48. The smallest absolute Gasteiger partial charge is 0.258 e. The third-order valence-electron chi connectivity index (χ3n) is 4.76. The number of rotatable bonds is 8. The fraction of sp³-hybridized carbons (Fsp3) is 0.286. The minimum Gasteiger partial charge on any atom is -0.356 e. The van der Waals surface area contributed by atoms with Gasteiger partial charge in [0.1, 0.15) is 11.6 Å². The second kappa shape index (κ2) is 8.64. The molecule has 0 bridgehead atoms. The molecule has 0 aliphatic rings. The molecule has 1 amide bonds. The Balaban J connectivity index is 1.20. The molecule has 3 aromatic heterocycles. The molecule has 1 aromatic carbocycles. The number of hydrogen-bond acceptors (Lipinski definition) is 5. The molecule has 29 heavy (non-hydrogen) atoms. The van der Waals surface area contributed by atoms with Gasteiger partial charge in [-0.2, -0.15) is 0 Å². The van der Waals surface area contributed by atoms with Crippen LogP contribution in [0.15, 0.2) is 53.5 Å². The van der Waals surface area contributed by atoms with Crippen molar-refractivity contribution in [1.82, 2.24) is 29.9 Å². The van der Waals surface area contributed by atoms with E-state index in [1.54, 1.807) is 6.07 Å². The SMILES string of the molecule is O=C(CCCc1nc2ccccc2c(=O)[nH]1)NCCCc1nnc2ccccn12. The maximum absolute atomic E-state index is 12.1. The highest BCUT2D eigenvalue weighted by atomic mass is 16.1. The van der Waals surface area contributed by atoms with Crippen LogP contribution in [-0.4, -0.2) is 37.0 Å². The van der Waals surface area contributed by atoms with Crippen molar-refractivity contribution in [3.05, 3.63) is 70.7 Å². The van der Waals surface area contributed by atoms with Crippen molar-refractivity contribution in [3.8, 4) is 0 Å². The van der Waals surface area contributed by atoms with E-state index in [1.807, 2.05) is 47.0 Å². The van der Waals surface area contributed by atoms with E-state index in [2.05, 4.69) is 25.5 Å². The predicted molar refractivity (Wildman–Crippen MR) is 110 cm³/mol. The van der Waals surface area contributed by atoms with Crippen LogP contribution in [0.5, 0.6) is 0 Å². The predicted octanol–water partition coefficient (Wildman–Crippen LogP) is 2.04. The zero-order chi connectivity index (χ0) is 20.1. The molecular weight excluding hydrogens is 368 g/mol. The molecule has 0 saturated heterocycles. The minimum absolute atomic E-state index is 0.000706. The van der Waals surface area contributed by atoms with Gasteiger partial charge in [0.05, 0.1) is 10.9 Å². The number of fused-ring (bicyclic) bond motifs is 2. The van der Waals surface area contributed by atoms with Gasteiger partial charge in [0.2, 0.25) is 5.91 Å². The number of nitrogens with zero attached hydrogens (tertiary/aromatic N) is 4. The number of pyridine rings is 1. The Morgan fingerprint density at radius 1 is 1.03 bits per heavy atom. The lowest BCUT2D eigenvalue weighted by Gasteiger charge is -2.05. The molecular formula is C21H22N6O2. The van der Waals surface area contributed by atoms with Gasteiger partial charge >= 0.3 is 0 Å². The maximum atomic E-state index is 12.1. The minimum atomic E-state index is -0.143. The molecule has 148 valence electrons. The molecule has 0 unspecified atom stereocenters. The van der Waals surface area contributed by atoms with Crippen LogP contribution in [-0.2, 0) is 17.6 Å². The Morgan fingerprint density at radius 3 is 2.83 bits per heavy atom. The van der Waals surface area contributed by atoms with Crippen LogP contribution >= 0.6 is 0 Å². The van der Waals surface area contributed by atoms with Gasteiger partial charge in [-0.1, -0.05) is 18.2 Å². The molecule has 2 N–H and O–H groups in total. The van der Waals surface area contributed by atoms with Crippen LogP contribution < -0.4 is 10.9 Å². The molecule has 8 nitrogen and oxygen atoms in total. The molecule has 0 spiro atoms. The number of benzene rings is 1. The summed E-state index contributed by atoms with van der Waals surface area (Å²) in [7, 11) is 0. The molecule has 3 heterocycles. The van der Waals surface area contributed by atoms with Gasteiger partial charge in [-0.15, -0.1) is 10.2 Å². The summed E-state index contributed by atoms with van der Waals surface area (Å²) in [6.07, 6.45) is 5.05. The van der Waals surface area contributed by atoms with E-state index in [0.717, 1.165) is 24.3 Å². The third-order valence-corrected chi connectivity index (χ3v) is 4.76. The first-order chi connectivity index (χ1) is 14.2. The molecule has 4 rings (SSSR count). The molecule has 0 saturated carbocycles. The van der Waals surface area contributed by atoms with Crippen molar-refractivity contribution in [2.75, 3.05) is 6.54 Å². The zero-order valence-electron chi connectivity index (χ0n) is 16.0. The monoisotopic (exact) mass is 390 g/mol. The van der Waals surface area contributed by atoms with Gasteiger partial charge in [0, 0.05) is 32.0 Å². The van der Waals surface area contributed by atoms with Gasteiger partial charge in [-0.05, 0) is 37.1 Å². The van der Waals surface area contributed by atoms with Crippen molar-refractivity contribution >= 4 is 22.5 Å². The summed E-state index contributed by atoms with van der Waals surface area (Å²) >= 11 is 0. The van der Waals surface area contributed by atoms with E-state index in [-0.39, 0.29) is 11.5 Å². The quantitative estimate of drug-likeness (QED) is 0.448. The van der Waals surface area contributed by atoms with Crippen molar-refractivity contribution in [3.63, 3.8) is 0 Å². The van der Waals surface area contributed by atoms with Crippen LogP contribution in [0, 0.1) is 0 Å². The molecule has 0 fully saturated rings. The van der Waals surface area contributed by atoms with Crippen LogP contribution in [0.1, 0.15) is 30.9 Å². The van der Waals surface area contributed by atoms with Crippen LogP contribution in [0.3, 0.4) is 0 Å². The topological polar surface area (TPSA) is 105 Å². The number of aromatic nitrogens is 5. The lowest BCUT2D eigenvalue weighted by Crippen LogP contribution is -2.24. The second-order valence-electron chi connectivity index (χ2n) is 6.88. The van der Waals surface area contributed by atoms with E-state index in [4.69, 9.17) is 0 Å². The summed E-state index contributed by atoms with van der Waals surface area (Å²) in [6.45, 7) is 0.589. The average Bonchev–Trinajstić information content (AvgIpc) is 3.14. The highest BCUT2D eigenvalue weighted by Crippen LogP contribution is 2.08. The number of carbonyl (C=O) groups excluding carboxylic acids is 1. The van der Waals surface area contributed by atoms with Crippen molar-refractivity contribution in [1.29, 1.82) is 0 Å². The number of nitrogens with one attached hydrogen (secondary N) is 2. The number of para-hydroxylation sites is 1. The van der Waals surface area contributed by atoms with E-state index in [0.29, 0.717) is 42.5 Å². The van der Waals surface area contributed by atoms with Gasteiger partial charge in [0.25, 0.3) is 5.56 Å². The number of H-pyrrole nitrogens is 1. The van der Waals surface area contributed by atoms with E-state index < -0.39 is 0 Å². The van der Waals surface area contributed by atoms with Crippen LogP contribution in [0.2, 0.25) is 0 Å². The normalized spacial score (nSPS) is 11.2. The number of hydrogen-bond donors (Lipinski definition) is 2. The number of aromatic amines is 1. The van der Waals surface area contributed by atoms with E-state index >= 15 is 0 Å². The summed E-state index contributed by atoms with van der Waals surface area (Å²) in [6, 6.07) is 13.0. The van der Waals surface area contributed by atoms with Crippen LogP contribution in [0.4, 0.5) is 0 Å². The Hall–Kier alpha value is -3.55. The molecule has 4 aromatic rings. The largest absolute Gasteiger partial charge is 0.356 e. The first-order valence-electron chi connectivity index (χ1n) is 9.74. The van der Waals surface area contributed by atoms with Gasteiger partial charge < -0.3 is 10.3 Å². The van der Waals surface area contributed by atoms with Crippen molar-refractivity contribution < 1.29 is 4.79 Å². The maximum Gasteiger partial charge on any atom is 0.258 e. The zero-order valence-corrected chi connectivity index (χ0v) is 16.0. The van der Waals surface area contributed by atoms with Crippen molar-refractivity contribution in [2.45, 2.75) is 32.1 Å². The molecule has 0 aliphatic heterocycles. The number of amides is 1. The van der Waals surface area contributed by atoms with Crippen LogP contribution in [0.25, 0.3) is 16.6 Å². The molecule has 8 heteroatoms. The molecule has 0 aliphatic carbocycles. The summed E-state index contributed by atoms with van der Waals surface area (Å²) < 4.78 is 1.96. The highest BCUT2D eigenvalue weighted by Gasteiger charge is 2.07. The summed E-state index contributed by atoms with van der Waals surface area (Å²) in [5.41, 5.74) is 1.36. The molecule has 0 radical (unpaired) electrons. The summed E-state index contributed by atoms with van der Waals surface area (Å²) in [4.78, 5) is 31.4. The standard InChI is InChI=1S/C21H22N6O2/c28-20(22-13-6-11-19-26-25-18-10-3-4-14-27(18)19)12-5-9-17-23-16-8-2-1-7-15(16)21(29)24-17/h1-4,7-8,10,14H,5-6,9,11-13H2,(H,22,28)(H,23,24,29). The first-order valence-corrected chi connectivity index (χ1v) is 9.74. The fourth-order valence-corrected chi connectivity index (χ4v) is 3.29. The summed E-state index contributed by atoms with van der Waals surface area (Å²) in [5, 5.41) is 11.8. The first kappa shape index (κ1) is 18.8. The molecule has 0 atom stereocenters. The Bertz CT molecular complexity index is 1200. The highest BCUT2D eigenvalue weighted by molar-refractivity contribution is 5.77. The Kier molecular flexibility index (Phi) is 5.60. The van der Waals surface area contributed by atoms with Gasteiger partial charge in [-0.3, -0.25) is 14.0 Å². The average molecular weight is 390 g/mol. The van der Waals surface area contributed by atoms with E-state index in [1.165, 1.54) is 0 Å². The number of carbonyl (C=O) groups is 1. The van der Waals surface area contributed by atoms with E-state index in [9.17, 15) is 9.59 Å². The fourth-order valence-electron chi connectivity index (χ4n) is 3.29. The Labute approximate surface area is 167 Å². The van der Waals surface area contributed by atoms with Gasteiger partial charge in [-0.25, -0.2) is 4.98 Å². The number of aryl methyl sites for hydroxylation is 2. The Morgan fingerprint density at radius 2 is 1.90 bits per heavy atom. The summed E-state index contributed by atoms with van der Waals surface area (Å²) in [5.74, 6) is 1.50.